The molecule has 0 N–H and O–H groups in total. The third-order valence-corrected chi connectivity index (χ3v) is 6.14. The number of hydrogen-bond donors (Lipinski definition) is 0. The first-order valence-corrected chi connectivity index (χ1v) is 11.1. The second kappa shape index (κ2) is 9.79. The number of carbonyl (C=O) groups excluding carboxylic acids is 3. The van der Waals surface area contributed by atoms with Gasteiger partial charge in [-0.2, -0.15) is 0 Å². The number of para-hydroxylation sites is 1. The van der Waals surface area contributed by atoms with E-state index in [4.69, 9.17) is 27.9 Å². The Hall–Kier alpha value is -3.13. The largest absolute Gasteiger partial charge is 0.422 e. The number of benzene rings is 3. The number of esters is 1. The second-order valence-corrected chi connectivity index (χ2v) is 8.78. The van der Waals surface area contributed by atoms with E-state index in [0.717, 1.165) is 16.7 Å². The molecular weight excluding hydrogens is 488 g/mol. The SMILES string of the molecule is O=C(Oc1ccccc1/C=C1\SC(=O)N(Cc2ccc(F)cc2)C1=O)c1ccc(Cl)cc1Cl. The van der Waals surface area contributed by atoms with Crippen LogP contribution in [-0.4, -0.2) is 22.0 Å². The molecule has 0 unspecified atom stereocenters. The molecule has 9 heteroatoms. The van der Waals surface area contributed by atoms with Gasteiger partial charge in [0.1, 0.15) is 11.6 Å². The number of nitrogens with zero attached hydrogens (tertiary/aromatic N) is 1. The van der Waals surface area contributed by atoms with Crippen molar-refractivity contribution in [2.75, 3.05) is 0 Å². The first-order chi connectivity index (χ1) is 15.8. The zero-order valence-corrected chi connectivity index (χ0v) is 19.1. The predicted octanol–water partition coefficient (Wildman–Crippen LogP) is 6.59. The highest BCUT2D eigenvalue weighted by Crippen LogP contribution is 2.35. The smallest absolute Gasteiger partial charge is 0.345 e. The van der Waals surface area contributed by atoms with Gasteiger partial charge in [-0.3, -0.25) is 14.5 Å². The van der Waals surface area contributed by atoms with E-state index >= 15 is 0 Å². The number of hydrogen-bond acceptors (Lipinski definition) is 5. The number of halogens is 3. The van der Waals surface area contributed by atoms with E-state index in [9.17, 15) is 18.8 Å². The molecule has 5 nitrogen and oxygen atoms in total. The number of ether oxygens (including phenoxy) is 1. The lowest BCUT2D eigenvalue weighted by Crippen LogP contribution is -2.27. The van der Waals surface area contributed by atoms with Crippen LogP contribution in [0, 0.1) is 5.82 Å². The van der Waals surface area contributed by atoms with Crippen LogP contribution in [0.25, 0.3) is 6.08 Å². The lowest BCUT2D eigenvalue weighted by molar-refractivity contribution is -0.123. The van der Waals surface area contributed by atoms with E-state index in [1.807, 2.05) is 0 Å². The number of carbonyl (C=O) groups is 3. The van der Waals surface area contributed by atoms with Crippen LogP contribution in [0.3, 0.4) is 0 Å². The fraction of sp³-hybridized carbons (Fsp3) is 0.0417. The van der Waals surface area contributed by atoms with E-state index in [2.05, 4.69) is 0 Å². The molecule has 0 spiro atoms. The van der Waals surface area contributed by atoms with Gasteiger partial charge in [0.15, 0.2) is 0 Å². The summed E-state index contributed by atoms with van der Waals surface area (Å²) in [5, 5.41) is 0.0817. The molecule has 0 radical (unpaired) electrons. The van der Waals surface area contributed by atoms with Crippen molar-refractivity contribution in [2.45, 2.75) is 6.54 Å². The Morgan fingerprint density at radius 2 is 1.76 bits per heavy atom. The van der Waals surface area contributed by atoms with Crippen molar-refractivity contribution in [1.82, 2.24) is 4.90 Å². The van der Waals surface area contributed by atoms with Crippen LogP contribution in [0.15, 0.2) is 71.6 Å². The van der Waals surface area contributed by atoms with Crippen molar-refractivity contribution in [3.8, 4) is 5.75 Å². The van der Waals surface area contributed by atoms with Crippen molar-refractivity contribution in [2.24, 2.45) is 0 Å². The molecule has 33 heavy (non-hydrogen) atoms. The topological polar surface area (TPSA) is 63.7 Å². The van der Waals surface area contributed by atoms with E-state index in [0.29, 0.717) is 16.1 Å². The van der Waals surface area contributed by atoms with Crippen molar-refractivity contribution in [3.63, 3.8) is 0 Å². The molecule has 0 atom stereocenters. The maximum absolute atomic E-state index is 13.1. The zero-order valence-electron chi connectivity index (χ0n) is 16.8. The van der Waals surface area contributed by atoms with Gasteiger partial charge in [-0.15, -0.1) is 0 Å². The van der Waals surface area contributed by atoms with Crippen LogP contribution in [0.2, 0.25) is 10.0 Å². The first kappa shape index (κ1) is 23.0. The summed E-state index contributed by atoms with van der Waals surface area (Å²) in [5.41, 5.74) is 1.19. The average molecular weight is 502 g/mol. The summed E-state index contributed by atoms with van der Waals surface area (Å²) in [4.78, 5) is 39.1. The highest BCUT2D eigenvalue weighted by Gasteiger charge is 2.35. The highest BCUT2D eigenvalue weighted by atomic mass is 35.5. The summed E-state index contributed by atoms with van der Waals surface area (Å²) in [6, 6.07) is 16.6. The molecule has 3 aromatic carbocycles. The number of amides is 2. The third-order valence-electron chi connectivity index (χ3n) is 4.69. The molecule has 0 saturated carbocycles. The third kappa shape index (κ3) is 5.27. The van der Waals surface area contributed by atoms with Crippen LogP contribution in [0.4, 0.5) is 9.18 Å². The molecule has 0 aliphatic carbocycles. The van der Waals surface area contributed by atoms with Gasteiger partial charge >= 0.3 is 5.97 Å². The molecule has 3 aromatic rings. The van der Waals surface area contributed by atoms with Crippen molar-refractivity contribution in [3.05, 3.63) is 104 Å². The minimum atomic E-state index is -0.693. The first-order valence-electron chi connectivity index (χ1n) is 9.58. The van der Waals surface area contributed by atoms with Crippen molar-refractivity contribution >= 4 is 58.2 Å². The van der Waals surface area contributed by atoms with Crippen LogP contribution >= 0.6 is 35.0 Å². The van der Waals surface area contributed by atoms with Gasteiger partial charge < -0.3 is 4.74 Å². The summed E-state index contributed by atoms with van der Waals surface area (Å²) >= 11 is 12.7. The number of rotatable bonds is 5. The van der Waals surface area contributed by atoms with E-state index in [1.165, 1.54) is 48.5 Å². The standard InChI is InChI=1S/C24H14Cl2FNO4S/c25-16-7-10-18(19(26)12-16)23(30)32-20-4-2-1-3-15(20)11-21-22(29)28(24(31)33-21)13-14-5-8-17(27)9-6-14/h1-12H,13H2/b21-11-. The minimum absolute atomic E-state index is 0.0218. The van der Waals surface area contributed by atoms with Gasteiger partial charge in [-0.25, -0.2) is 9.18 Å². The molecule has 2 amide bonds. The van der Waals surface area contributed by atoms with Gasteiger partial charge in [-0.05, 0) is 59.8 Å². The Bertz CT molecular complexity index is 1290. The Morgan fingerprint density at radius 1 is 1.03 bits per heavy atom. The number of thioether (sulfide) groups is 1. The minimum Gasteiger partial charge on any atom is -0.422 e. The Labute approximate surface area is 202 Å². The lowest BCUT2D eigenvalue weighted by Gasteiger charge is -2.12. The number of imide groups is 1. The van der Waals surface area contributed by atoms with E-state index in [1.54, 1.807) is 24.3 Å². The lowest BCUT2D eigenvalue weighted by atomic mass is 10.1. The molecule has 1 heterocycles. The second-order valence-electron chi connectivity index (χ2n) is 6.95. The van der Waals surface area contributed by atoms with Crippen LogP contribution in [-0.2, 0) is 11.3 Å². The van der Waals surface area contributed by atoms with Crippen LogP contribution < -0.4 is 4.74 Å². The summed E-state index contributed by atoms with van der Waals surface area (Å²) in [7, 11) is 0. The van der Waals surface area contributed by atoms with Gasteiger partial charge in [-0.1, -0.05) is 53.5 Å². The molecule has 4 rings (SSSR count). The fourth-order valence-electron chi connectivity index (χ4n) is 3.05. The molecular formula is C24H14Cl2FNO4S. The van der Waals surface area contributed by atoms with Crippen molar-refractivity contribution in [1.29, 1.82) is 0 Å². The molecule has 1 aliphatic rings. The molecule has 0 aromatic heterocycles. The van der Waals surface area contributed by atoms with Crippen molar-refractivity contribution < 1.29 is 23.5 Å². The maximum atomic E-state index is 13.1. The van der Waals surface area contributed by atoms with Gasteiger partial charge in [0, 0.05) is 10.6 Å². The van der Waals surface area contributed by atoms with E-state index in [-0.39, 0.29) is 27.8 Å². The van der Waals surface area contributed by atoms with E-state index < -0.39 is 22.9 Å². The summed E-state index contributed by atoms with van der Waals surface area (Å²) in [6.45, 7) is 0.0218. The van der Waals surface area contributed by atoms with Gasteiger partial charge in [0.2, 0.25) is 0 Å². The summed E-state index contributed by atoms with van der Waals surface area (Å²) < 4.78 is 18.6. The normalized spacial score (nSPS) is 14.8. The maximum Gasteiger partial charge on any atom is 0.345 e. The molecule has 166 valence electrons. The predicted molar refractivity (Wildman–Crippen MR) is 126 cm³/mol. The summed E-state index contributed by atoms with van der Waals surface area (Å²) in [5.74, 6) is -1.39. The average Bonchev–Trinajstić information content (AvgIpc) is 3.04. The Balaban J connectivity index is 1.56. The summed E-state index contributed by atoms with van der Waals surface area (Å²) in [6.07, 6.45) is 1.49. The van der Waals surface area contributed by atoms with Crippen LogP contribution in [0.1, 0.15) is 21.5 Å². The molecule has 1 saturated heterocycles. The van der Waals surface area contributed by atoms with Crippen LogP contribution in [0.5, 0.6) is 5.75 Å². The molecule has 1 aliphatic heterocycles. The monoisotopic (exact) mass is 501 g/mol. The van der Waals surface area contributed by atoms with Gasteiger partial charge in [0.25, 0.3) is 11.1 Å². The molecule has 0 bridgehead atoms. The fourth-order valence-corrected chi connectivity index (χ4v) is 4.37. The quantitative estimate of drug-likeness (QED) is 0.224. The zero-order chi connectivity index (χ0) is 23.5. The Morgan fingerprint density at radius 3 is 2.48 bits per heavy atom. The highest BCUT2D eigenvalue weighted by molar-refractivity contribution is 8.18. The Kier molecular flexibility index (Phi) is 6.83. The molecule has 1 fully saturated rings. The van der Waals surface area contributed by atoms with Gasteiger partial charge in [0.05, 0.1) is 22.0 Å².